The lowest BCUT2D eigenvalue weighted by Gasteiger charge is -2.22. The van der Waals surface area contributed by atoms with E-state index < -0.39 is 0 Å². The third-order valence-electron chi connectivity index (χ3n) is 4.33. The maximum Gasteiger partial charge on any atom is 0.248 e. The van der Waals surface area contributed by atoms with Crippen molar-refractivity contribution in [3.05, 3.63) is 23.7 Å². The molecule has 0 spiro atoms. The Morgan fingerprint density at radius 2 is 2.14 bits per heavy atom. The highest BCUT2D eigenvalue weighted by atomic mass is 16.5. The van der Waals surface area contributed by atoms with Crippen LogP contribution in [0.25, 0.3) is 0 Å². The minimum atomic E-state index is 0.101. The van der Waals surface area contributed by atoms with Gasteiger partial charge in [-0.1, -0.05) is 6.92 Å². The molecule has 1 aliphatic heterocycles. The molecule has 0 unspecified atom stereocenters. The highest BCUT2D eigenvalue weighted by Crippen LogP contribution is 2.21. The summed E-state index contributed by atoms with van der Waals surface area (Å²) < 4.78 is 10.6. The van der Waals surface area contributed by atoms with Crippen molar-refractivity contribution in [2.75, 3.05) is 46.4 Å². The first-order valence-electron chi connectivity index (χ1n) is 8.15. The van der Waals surface area contributed by atoms with Gasteiger partial charge in [-0.3, -0.25) is 4.79 Å². The van der Waals surface area contributed by atoms with Crippen LogP contribution in [0, 0.1) is 6.92 Å². The lowest BCUT2D eigenvalue weighted by atomic mass is 10.0. The monoisotopic (exact) mass is 308 g/mol. The lowest BCUT2D eigenvalue weighted by Crippen LogP contribution is -2.37. The Labute approximate surface area is 133 Å². The summed E-state index contributed by atoms with van der Waals surface area (Å²) in [6.07, 6.45) is 2.11. The normalized spacial score (nSPS) is 18.2. The molecule has 1 saturated heterocycles. The first-order chi connectivity index (χ1) is 10.6. The number of aryl methyl sites for hydroxylation is 1. The fourth-order valence-corrected chi connectivity index (χ4v) is 2.90. The molecule has 124 valence electrons. The molecule has 5 nitrogen and oxygen atoms in total. The number of hydrogen-bond donors (Lipinski definition) is 0. The van der Waals surface area contributed by atoms with Crippen molar-refractivity contribution >= 4 is 5.91 Å². The van der Waals surface area contributed by atoms with Gasteiger partial charge in [0.25, 0.3) is 0 Å². The average Bonchev–Trinajstić information content (AvgIpc) is 2.80. The Hall–Kier alpha value is -1.33. The van der Waals surface area contributed by atoms with Crippen LogP contribution in [-0.2, 0) is 9.53 Å². The quantitative estimate of drug-likeness (QED) is 0.809. The molecule has 5 heteroatoms. The van der Waals surface area contributed by atoms with Crippen LogP contribution >= 0.6 is 0 Å². The maximum atomic E-state index is 11.9. The fraction of sp³-hybridized carbons (Fsp3) is 0.706. The van der Waals surface area contributed by atoms with Crippen molar-refractivity contribution in [3.63, 3.8) is 0 Å². The third kappa shape index (κ3) is 4.85. The van der Waals surface area contributed by atoms with Gasteiger partial charge in [0.05, 0.1) is 0 Å². The second kappa shape index (κ2) is 8.34. The van der Waals surface area contributed by atoms with Gasteiger partial charge in [-0.15, -0.1) is 0 Å². The van der Waals surface area contributed by atoms with Crippen LogP contribution < -0.4 is 0 Å². The largest absolute Gasteiger partial charge is 0.466 e. The number of nitrogens with zero attached hydrogens (tertiary/aromatic N) is 2. The summed E-state index contributed by atoms with van der Waals surface area (Å²) in [7, 11) is 1.57. The Morgan fingerprint density at radius 3 is 2.82 bits per heavy atom. The van der Waals surface area contributed by atoms with Crippen LogP contribution in [0.2, 0.25) is 0 Å². The molecule has 0 saturated carbocycles. The number of carbonyl (C=O) groups is 1. The fourth-order valence-electron chi connectivity index (χ4n) is 2.90. The van der Waals surface area contributed by atoms with Gasteiger partial charge in [-0.25, -0.2) is 0 Å². The highest BCUT2D eigenvalue weighted by Gasteiger charge is 2.19. The van der Waals surface area contributed by atoms with E-state index in [4.69, 9.17) is 9.15 Å². The molecule has 0 aliphatic carbocycles. The minimum Gasteiger partial charge on any atom is -0.466 e. The summed E-state index contributed by atoms with van der Waals surface area (Å²) in [6, 6.07) is 4.10. The first kappa shape index (κ1) is 17.0. The van der Waals surface area contributed by atoms with E-state index in [1.54, 1.807) is 7.11 Å². The molecule has 1 atom stereocenters. The Morgan fingerprint density at radius 1 is 1.32 bits per heavy atom. The molecular formula is C17H28N2O3. The van der Waals surface area contributed by atoms with Gasteiger partial charge in [-0.2, -0.15) is 0 Å². The van der Waals surface area contributed by atoms with E-state index in [0.717, 1.165) is 57.1 Å². The zero-order valence-electron chi connectivity index (χ0n) is 14.0. The minimum absolute atomic E-state index is 0.101. The van der Waals surface area contributed by atoms with Gasteiger partial charge in [-0.05, 0) is 45.0 Å². The van der Waals surface area contributed by atoms with Gasteiger partial charge >= 0.3 is 0 Å². The van der Waals surface area contributed by atoms with E-state index in [2.05, 4.69) is 17.9 Å². The van der Waals surface area contributed by atoms with Crippen LogP contribution in [-0.4, -0.2) is 62.1 Å². The van der Waals surface area contributed by atoms with E-state index in [0.29, 0.717) is 5.92 Å². The number of hydrogen-bond acceptors (Lipinski definition) is 4. The molecule has 1 fully saturated rings. The van der Waals surface area contributed by atoms with E-state index >= 15 is 0 Å². The van der Waals surface area contributed by atoms with E-state index in [-0.39, 0.29) is 12.5 Å². The van der Waals surface area contributed by atoms with Gasteiger partial charge < -0.3 is 19.0 Å². The number of amides is 1. The Balaban J connectivity index is 1.76. The van der Waals surface area contributed by atoms with Crippen LogP contribution in [0.15, 0.2) is 16.5 Å². The van der Waals surface area contributed by atoms with Crippen molar-refractivity contribution in [3.8, 4) is 0 Å². The van der Waals surface area contributed by atoms with Gasteiger partial charge in [0, 0.05) is 32.7 Å². The predicted octanol–water partition coefficient (Wildman–Crippen LogP) is 2.26. The van der Waals surface area contributed by atoms with Gasteiger partial charge in [0.15, 0.2) is 0 Å². The number of carbonyl (C=O) groups excluding carboxylic acids is 1. The molecule has 0 bridgehead atoms. The second-order valence-corrected chi connectivity index (χ2v) is 6.15. The highest BCUT2D eigenvalue weighted by molar-refractivity contribution is 5.77. The zero-order chi connectivity index (χ0) is 15.9. The van der Waals surface area contributed by atoms with Crippen LogP contribution in [0.5, 0.6) is 0 Å². The van der Waals surface area contributed by atoms with Crippen molar-refractivity contribution in [2.45, 2.75) is 32.6 Å². The molecule has 1 aromatic rings. The summed E-state index contributed by atoms with van der Waals surface area (Å²) >= 11 is 0. The summed E-state index contributed by atoms with van der Waals surface area (Å²) in [4.78, 5) is 16.3. The van der Waals surface area contributed by atoms with Crippen molar-refractivity contribution < 1.29 is 13.9 Å². The topological polar surface area (TPSA) is 45.9 Å². The molecule has 2 heterocycles. The van der Waals surface area contributed by atoms with E-state index in [1.165, 1.54) is 0 Å². The zero-order valence-corrected chi connectivity index (χ0v) is 14.0. The number of methoxy groups -OCH3 is 1. The van der Waals surface area contributed by atoms with Crippen LogP contribution in [0.4, 0.5) is 0 Å². The number of furan rings is 1. The molecule has 1 aliphatic rings. The predicted molar refractivity (Wildman–Crippen MR) is 86.0 cm³/mol. The van der Waals surface area contributed by atoms with Crippen molar-refractivity contribution in [1.82, 2.24) is 9.80 Å². The van der Waals surface area contributed by atoms with Gasteiger partial charge in [0.2, 0.25) is 5.91 Å². The van der Waals surface area contributed by atoms with Crippen LogP contribution in [0.1, 0.15) is 37.2 Å². The second-order valence-electron chi connectivity index (χ2n) is 6.15. The summed E-state index contributed by atoms with van der Waals surface area (Å²) in [5.74, 6) is 2.58. The molecule has 22 heavy (non-hydrogen) atoms. The van der Waals surface area contributed by atoms with Crippen LogP contribution in [0.3, 0.4) is 0 Å². The standard InChI is InChI=1S/C17H28N2O3/c1-14(16-6-5-15(2)22-16)7-10-18-8-4-9-19(12-11-18)17(20)13-21-3/h5-6,14H,4,7-13H2,1-3H3/t14-/m1/s1. The smallest absolute Gasteiger partial charge is 0.248 e. The summed E-state index contributed by atoms with van der Waals surface area (Å²) in [5.41, 5.74) is 0. The first-order valence-corrected chi connectivity index (χ1v) is 8.15. The third-order valence-corrected chi connectivity index (χ3v) is 4.33. The average molecular weight is 308 g/mol. The molecule has 0 radical (unpaired) electrons. The van der Waals surface area contributed by atoms with E-state index in [1.807, 2.05) is 17.9 Å². The maximum absolute atomic E-state index is 11.9. The Bertz CT molecular complexity index is 472. The molecule has 1 amide bonds. The molecule has 0 N–H and O–H groups in total. The van der Waals surface area contributed by atoms with Crippen molar-refractivity contribution in [1.29, 1.82) is 0 Å². The lowest BCUT2D eigenvalue weighted by molar-refractivity contribution is -0.135. The summed E-state index contributed by atoms with van der Waals surface area (Å²) in [5, 5.41) is 0. The molecular weight excluding hydrogens is 280 g/mol. The van der Waals surface area contributed by atoms with Gasteiger partial charge in [0.1, 0.15) is 18.1 Å². The summed E-state index contributed by atoms with van der Waals surface area (Å²) in [6.45, 7) is 9.07. The molecule has 1 aromatic heterocycles. The number of rotatable bonds is 6. The molecule has 2 rings (SSSR count). The van der Waals surface area contributed by atoms with Crippen molar-refractivity contribution in [2.24, 2.45) is 0 Å². The SMILES string of the molecule is COCC(=O)N1CCCN(CC[C@@H](C)c2ccc(C)o2)CC1. The Kier molecular flexibility index (Phi) is 6.46. The van der Waals surface area contributed by atoms with E-state index in [9.17, 15) is 4.79 Å². The number of ether oxygens (including phenoxy) is 1. The molecule has 0 aromatic carbocycles.